The van der Waals surface area contributed by atoms with E-state index in [2.05, 4.69) is 16.4 Å². The summed E-state index contributed by atoms with van der Waals surface area (Å²) < 4.78 is 14.9. The van der Waals surface area contributed by atoms with Gasteiger partial charge in [0.1, 0.15) is 12.4 Å². The lowest BCUT2D eigenvalue weighted by molar-refractivity contribution is -0.129. The van der Waals surface area contributed by atoms with Gasteiger partial charge in [-0.15, -0.1) is 5.10 Å². The van der Waals surface area contributed by atoms with Gasteiger partial charge in [0.2, 0.25) is 5.91 Å². The SMILES string of the molecule is CN(C)C(=O)Cn1cc(C(=O)N(Cc2ccc(C#N)cc2)Cc2cccc(F)c2)nn1. The van der Waals surface area contributed by atoms with Crippen molar-refractivity contribution in [3.63, 3.8) is 0 Å². The second kappa shape index (κ2) is 9.63. The van der Waals surface area contributed by atoms with Gasteiger partial charge in [-0.3, -0.25) is 9.59 Å². The molecular weight excluding hydrogens is 399 g/mol. The van der Waals surface area contributed by atoms with Gasteiger partial charge in [-0.05, 0) is 35.4 Å². The monoisotopic (exact) mass is 420 g/mol. The largest absolute Gasteiger partial charge is 0.347 e. The third kappa shape index (κ3) is 5.73. The number of hydrogen-bond acceptors (Lipinski definition) is 5. The molecule has 0 aliphatic heterocycles. The molecule has 0 radical (unpaired) electrons. The number of hydrogen-bond donors (Lipinski definition) is 0. The van der Waals surface area contributed by atoms with Crippen molar-refractivity contribution in [2.45, 2.75) is 19.6 Å². The Bertz CT molecular complexity index is 1120. The number of benzene rings is 2. The molecule has 2 aromatic carbocycles. The Morgan fingerprint density at radius 3 is 2.45 bits per heavy atom. The Balaban J connectivity index is 1.84. The van der Waals surface area contributed by atoms with E-state index in [0.717, 1.165) is 5.56 Å². The second-order valence-electron chi connectivity index (χ2n) is 7.19. The summed E-state index contributed by atoms with van der Waals surface area (Å²) in [5.74, 6) is -0.980. The topological polar surface area (TPSA) is 95.1 Å². The molecular formula is C22H21FN6O2. The molecule has 0 aliphatic carbocycles. The van der Waals surface area contributed by atoms with Crippen molar-refractivity contribution < 1.29 is 14.0 Å². The standard InChI is InChI=1S/C22H21FN6O2/c1-27(2)21(30)15-29-14-20(25-26-29)22(31)28(13-18-4-3-5-19(23)10-18)12-17-8-6-16(11-24)7-9-17/h3-10,14H,12-13,15H2,1-2H3. The summed E-state index contributed by atoms with van der Waals surface area (Å²) in [5.41, 5.74) is 2.02. The van der Waals surface area contributed by atoms with Crippen LogP contribution in [0.25, 0.3) is 0 Å². The molecule has 0 unspecified atom stereocenters. The van der Waals surface area contributed by atoms with Crippen molar-refractivity contribution >= 4 is 11.8 Å². The molecule has 0 fully saturated rings. The molecule has 158 valence electrons. The molecule has 9 heteroatoms. The number of nitrogens with zero attached hydrogens (tertiary/aromatic N) is 6. The van der Waals surface area contributed by atoms with Gasteiger partial charge in [0.05, 0.1) is 17.8 Å². The van der Waals surface area contributed by atoms with E-state index in [0.29, 0.717) is 11.1 Å². The van der Waals surface area contributed by atoms with E-state index < -0.39 is 11.7 Å². The number of halogens is 1. The number of rotatable bonds is 7. The highest BCUT2D eigenvalue weighted by atomic mass is 19.1. The van der Waals surface area contributed by atoms with Crippen molar-refractivity contribution in [2.75, 3.05) is 14.1 Å². The molecule has 0 aliphatic rings. The fourth-order valence-electron chi connectivity index (χ4n) is 2.88. The zero-order chi connectivity index (χ0) is 22.4. The number of carbonyl (C=O) groups is 2. The Hall–Kier alpha value is -4.06. The maximum atomic E-state index is 13.6. The summed E-state index contributed by atoms with van der Waals surface area (Å²) >= 11 is 0. The molecule has 3 aromatic rings. The van der Waals surface area contributed by atoms with Gasteiger partial charge in [-0.1, -0.05) is 29.5 Å². The average molecular weight is 420 g/mol. The van der Waals surface area contributed by atoms with Crippen LogP contribution in [0, 0.1) is 17.1 Å². The summed E-state index contributed by atoms with van der Waals surface area (Å²) in [5, 5.41) is 16.8. The highest BCUT2D eigenvalue weighted by Crippen LogP contribution is 2.15. The van der Waals surface area contributed by atoms with Gasteiger partial charge in [0.15, 0.2) is 5.69 Å². The van der Waals surface area contributed by atoms with Crippen LogP contribution in [-0.2, 0) is 24.4 Å². The normalized spacial score (nSPS) is 10.4. The third-order valence-electron chi connectivity index (χ3n) is 4.56. The third-order valence-corrected chi connectivity index (χ3v) is 4.56. The van der Waals surface area contributed by atoms with Crippen LogP contribution in [0.3, 0.4) is 0 Å². The van der Waals surface area contributed by atoms with Crippen LogP contribution in [0.4, 0.5) is 4.39 Å². The van der Waals surface area contributed by atoms with Crippen LogP contribution in [-0.4, -0.2) is 50.7 Å². The average Bonchev–Trinajstić information content (AvgIpc) is 3.21. The Morgan fingerprint density at radius 2 is 1.81 bits per heavy atom. The summed E-state index contributed by atoms with van der Waals surface area (Å²) in [6.07, 6.45) is 1.42. The number of amides is 2. The first-order valence-corrected chi connectivity index (χ1v) is 9.49. The Kier molecular flexibility index (Phi) is 6.72. The fraction of sp³-hybridized carbons (Fsp3) is 0.227. The number of carbonyl (C=O) groups excluding carboxylic acids is 2. The molecule has 1 heterocycles. The molecule has 0 saturated heterocycles. The maximum absolute atomic E-state index is 13.6. The summed E-state index contributed by atoms with van der Waals surface area (Å²) in [6.45, 7) is 0.345. The summed E-state index contributed by atoms with van der Waals surface area (Å²) in [4.78, 5) is 28.0. The lowest BCUT2D eigenvalue weighted by Crippen LogP contribution is -2.30. The van der Waals surface area contributed by atoms with Crippen molar-refractivity contribution in [3.8, 4) is 6.07 Å². The maximum Gasteiger partial charge on any atom is 0.276 e. The van der Waals surface area contributed by atoms with Crippen molar-refractivity contribution in [2.24, 2.45) is 0 Å². The van der Waals surface area contributed by atoms with E-state index in [1.165, 1.54) is 32.8 Å². The van der Waals surface area contributed by atoms with E-state index >= 15 is 0 Å². The number of aromatic nitrogens is 3. The zero-order valence-corrected chi connectivity index (χ0v) is 17.2. The molecule has 0 saturated carbocycles. The number of nitriles is 1. The zero-order valence-electron chi connectivity index (χ0n) is 17.2. The van der Waals surface area contributed by atoms with Gasteiger partial charge in [-0.2, -0.15) is 5.26 Å². The van der Waals surface area contributed by atoms with E-state index in [1.54, 1.807) is 50.5 Å². The lowest BCUT2D eigenvalue weighted by Gasteiger charge is -2.22. The van der Waals surface area contributed by atoms with Crippen LogP contribution in [0.2, 0.25) is 0 Å². The molecule has 0 N–H and O–H groups in total. The van der Waals surface area contributed by atoms with Crippen molar-refractivity contribution in [1.82, 2.24) is 24.8 Å². The van der Waals surface area contributed by atoms with Crippen LogP contribution in [0.5, 0.6) is 0 Å². The summed E-state index contributed by atoms with van der Waals surface area (Å²) in [7, 11) is 3.26. The van der Waals surface area contributed by atoms with Gasteiger partial charge in [0, 0.05) is 27.2 Å². The Labute approximate surface area is 179 Å². The highest BCUT2D eigenvalue weighted by Gasteiger charge is 2.21. The van der Waals surface area contributed by atoms with Crippen LogP contribution in [0.15, 0.2) is 54.7 Å². The van der Waals surface area contributed by atoms with E-state index in [9.17, 15) is 14.0 Å². The molecule has 2 amide bonds. The van der Waals surface area contributed by atoms with Crippen LogP contribution in [0.1, 0.15) is 27.2 Å². The minimum Gasteiger partial charge on any atom is -0.347 e. The van der Waals surface area contributed by atoms with Gasteiger partial charge >= 0.3 is 0 Å². The Morgan fingerprint density at radius 1 is 1.10 bits per heavy atom. The first-order valence-electron chi connectivity index (χ1n) is 9.49. The summed E-state index contributed by atoms with van der Waals surface area (Å²) in [6, 6.07) is 14.9. The van der Waals surface area contributed by atoms with Gasteiger partial charge < -0.3 is 9.80 Å². The molecule has 8 nitrogen and oxygen atoms in total. The second-order valence-corrected chi connectivity index (χ2v) is 7.19. The molecule has 0 spiro atoms. The molecule has 31 heavy (non-hydrogen) atoms. The van der Waals surface area contributed by atoms with E-state index in [-0.39, 0.29) is 31.2 Å². The molecule has 0 atom stereocenters. The minimum atomic E-state index is -0.405. The quantitative estimate of drug-likeness (QED) is 0.584. The lowest BCUT2D eigenvalue weighted by atomic mass is 10.1. The fourth-order valence-corrected chi connectivity index (χ4v) is 2.88. The van der Waals surface area contributed by atoms with Crippen molar-refractivity contribution in [3.05, 3.63) is 82.9 Å². The van der Waals surface area contributed by atoms with Crippen LogP contribution < -0.4 is 0 Å². The molecule has 1 aromatic heterocycles. The first kappa shape index (κ1) is 21.6. The number of likely N-dealkylation sites (N-methyl/N-ethyl adjacent to an activating group) is 1. The smallest absolute Gasteiger partial charge is 0.276 e. The predicted octanol–water partition coefficient (Wildman–Crippen LogP) is 2.22. The first-order chi connectivity index (χ1) is 14.9. The van der Waals surface area contributed by atoms with Crippen molar-refractivity contribution in [1.29, 1.82) is 5.26 Å². The van der Waals surface area contributed by atoms with E-state index in [1.807, 2.05) is 0 Å². The minimum absolute atomic E-state index is 0.0349. The van der Waals surface area contributed by atoms with Crippen LogP contribution >= 0.6 is 0 Å². The molecule has 3 rings (SSSR count). The highest BCUT2D eigenvalue weighted by molar-refractivity contribution is 5.92. The van der Waals surface area contributed by atoms with E-state index in [4.69, 9.17) is 5.26 Å². The van der Waals surface area contributed by atoms with Gasteiger partial charge in [-0.25, -0.2) is 9.07 Å². The predicted molar refractivity (Wildman–Crippen MR) is 110 cm³/mol. The molecule has 0 bridgehead atoms. The van der Waals surface area contributed by atoms with Gasteiger partial charge in [0.25, 0.3) is 5.91 Å².